The fraction of sp³-hybridized carbons (Fsp3) is 0.786. The molecule has 2 rings (SSSR count). The van der Waals surface area contributed by atoms with Gasteiger partial charge in [-0.1, -0.05) is 0 Å². The lowest BCUT2D eigenvalue weighted by Gasteiger charge is -2.38. The molecule has 2 fully saturated rings. The molecule has 3 atom stereocenters. The molecule has 0 aromatic heterocycles. The van der Waals surface area contributed by atoms with E-state index in [2.05, 4.69) is 0 Å². The standard InChI is InChI=1S/C14H21O9P/c1-19-12(16)14(13(17)20-2)6-5-9-8(7-14)10(11(15)23-9)24(18,21-3)22-4/h8-10H,5-7H2,1-4H3/t8-,9+,10+/m0/s1. The molecule has 1 aliphatic heterocycles. The molecule has 10 heteroatoms. The van der Waals surface area contributed by atoms with Crippen molar-refractivity contribution in [1.82, 2.24) is 0 Å². The first kappa shape index (κ1) is 18.9. The van der Waals surface area contributed by atoms with Crippen LogP contribution in [0.15, 0.2) is 0 Å². The zero-order valence-electron chi connectivity index (χ0n) is 14.0. The van der Waals surface area contributed by atoms with Crippen LogP contribution in [0.3, 0.4) is 0 Å². The molecule has 1 aliphatic carbocycles. The molecule has 9 nitrogen and oxygen atoms in total. The Hall–Kier alpha value is -1.44. The largest absolute Gasteiger partial charge is 0.468 e. The molecule has 0 radical (unpaired) electrons. The summed E-state index contributed by atoms with van der Waals surface area (Å²) >= 11 is 0. The fourth-order valence-electron chi connectivity index (χ4n) is 3.60. The number of hydrogen-bond donors (Lipinski definition) is 0. The number of ether oxygens (including phenoxy) is 3. The van der Waals surface area contributed by atoms with Crippen LogP contribution in [0.1, 0.15) is 19.3 Å². The number of carbonyl (C=O) groups is 3. The molecule has 0 aromatic rings. The lowest BCUT2D eigenvalue weighted by Crippen LogP contribution is -2.49. The minimum atomic E-state index is -3.79. The minimum absolute atomic E-state index is 0.0931. The van der Waals surface area contributed by atoms with E-state index in [0.717, 1.165) is 0 Å². The van der Waals surface area contributed by atoms with Crippen molar-refractivity contribution in [3.8, 4) is 0 Å². The van der Waals surface area contributed by atoms with Crippen LogP contribution in [0.4, 0.5) is 0 Å². The summed E-state index contributed by atoms with van der Waals surface area (Å²) in [5, 5.41) is 0. The highest BCUT2D eigenvalue weighted by molar-refractivity contribution is 7.55. The van der Waals surface area contributed by atoms with Crippen molar-refractivity contribution in [2.75, 3.05) is 28.4 Å². The maximum absolute atomic E-state index is 12.7. The number of methoxy groups -OCH3 is 2. The topological polar surface area (TPSA) is 114 Å². The molecule has 0 spiro atoms. The van der Waals surface area contributed by atoms with E-state index in [1.165, 1.54) is 28.4 Å². The van der Waals surface area contributed by atoms with Gasteiger partial charge in [0.1, 0.15) is 6.10 Å². The Morgan fingerprint density at radius 2 is 1.67 bits per heavy atom. The highest BCUT2D eigenvalue weighted by atomic mass is 31.2. The Kier molecular flexibility index (Phi) is 5.37. The zero-order valence-corrected chi connectivity index (χ0v) is 14.9. The Labute approximate surface area is 139 Å². The second-order valence-electron chi connectivity index (χ2n) is 5.80. The zero-order chi connectivity index (χ0) is 18.1. The van der Waals surface area contributed by atoms with Gasteiger partial charge in [-0.2, -0.15) is 0 Å². The number of fused-ring (bicyclic) bond motifs is 1. The smallest absolute Gasteiger partial charge is 0.344 e. The first-order chi connectivity index (χ1) is 11.3. The van der Waals surface area contributed by atoms with Crippen molar-refractivity contribution in [2.24, 2.45) is 11.3 Å². The molecule has 1 saturated heterocycles. The molecule has 136 valence electrons. The van der Waals surface area contributed by atoms with Crippen molar-refractivity contribution in [2.45, 2.75) is 31.0 Å². The van der Waals surface area contributed by atoms with Crippen molar-refractivity contribution < 1.29 is 42.2 Å². The van der Waals surface area contributed by atoms with Gasteiger partial charge in [0, 0.05) is 20.1 Å². The van der Waals surface area contributed by atoms with Crippen LogP contribution in [-0.4, -0.2) is 58.1 Å². The summed E-state index contributed by atoms with van der Waals surface area (Å²) in [7, 11) is 0.887. The fourth-order valence-corrected chi connectivity index (χ4v) is 5.29. The summed E-state index contributed by atoms with van der Waals surface area (Å²) in [5.74, 6) is -2.91. The van der Waals surface area contributed by atoms with Crippen molar-refractivity contribution in [1.29, 1.82) is 0 Å². The predicted octanol–water partition coefficient (Wildman–Crippen LogP) is 0.899. The molecule has 0 aromatic carbocycles. The second-order valence-corrected chi connectivity index (χ2v) is 8.16. The normalized spacial score (nSPS) is 28.7. The summed E-state index contributed by atoms with van der Waals surface area (Å²) < 4.78 is 37.4. The molecular weight excluding hydrogens is 343 g/mol. The van der Waals surface area contributed by atoms with E-state index in [-0.39, 0.29) is 19.3 Å². The van der Waals surface area contributed by atoms with Gasteiger partial charge in [-0.15, -0.1) is 0 Å². The highest BCUT2D eigenvalue weighted by Gasteiger charge is 2.63. The van der Waals surface area contributed by atoms with Crippen LogP contribution in [0.25, 0.3) is 0 Å². The quantitative estimate of drug-likeness (QED) is 0.304. The predicted molar refractivity (Wildman–Crippen MR) is 79.1 cm³/mol. The van der Waals surface area contributed by atoms with Crippen LogP contribution < -0.4 is 0 Å². The Morgan fingerprint density at radius 3 is 2.12 bits per heavy atom. The molecule has 2 aliphatic rings. The summed E-state index contributed by atoms with van der Waals surface area (Å²) in [5.41, 5.74) is -2.77. The van der Waals surface area contributed by atoms with E-state index >= 15 is 0 Å². The van der Waals surface area contributed by atoms with Crippen LogP contribution in [-0.2, 0) is 42.2 Å². The van der Waals surface area contributed by atoms with Gasteiger partial charge < -0.3 is 23.3 Å². The van der Waals surface area contributed by atoms with E-state index in [1.54, 1.807) is 0 Å². The second kappa shape index (κ2) is 6.82. The summed E-state index contributed by atoms with van der Waals surface area (Å²) in [4.78, 5) is 36.8. The highest BCUT2D eigenvalue weighted by Crippen LogP contribution is 2.61. The number of esters is 3. The molecule has 0 amide bonds. The maximum Gasteiger partial charge on any atom is 0.344 e. The van der Waals surface area contributed by atoms with E-state index < -0.39 is 48.6 Å². The Balaban J connectivity index is 2.43. The minimum Gasteiger partial charge on any atom is -0.468 e. The van der Waals surface area contributed by atoms with Gasteiger partial charge in [0.15, 0.2) is 11.1 Å². The SMILES string of the molecule is COC(=O)C1(C(=O)OC)CC[C@H]2OC(=O)[C@H](P(=O)(OC)OC)[C@H]2C1. The maximum atomic E-state index is 12.7. The lowest BCUT2D eigenvalue weighted by atomic mass is 9.68. The summed E-state index contributed by atoms with van der Waals surface area (Å²) in [6.45, 7) is 0. The van der Waals surface area contributed by atoms with E-state index in [1.807, 2.05) is 0 Å². The average molecular weight is 364 g/mol. The molecule has 0 N–H and O–H groups in total. The first-order valence-electron chi connectivity index (χ1n) is 7.38. The molecule has 24 heavy (non-hydrogen) atoms. The van der Waals surface area contributed by atoms with Crippen LogP contribution in [0.2, 0.25) is 0 Å². The van der Waals surface area contributed by atoms with Gasteiger partial charge in [0.25, 0.3) is 0 Å². The summed E-state index contributed by atoms with van der Waals surface area (Å²) in [6.07, 6.45) is -0.310. The van der Waals surface area contributed by atoms with Crippen LogP contribution >= 0.6 is 7.60 Å². The van der Waals surface area contributed by atoms with Gasteiger partial charge in [-0.3, -0.25) is 18.9 Å². The summed E-state index contributed by atoms with van der Waals surface area (Å²) in [6, 6.07) is 0. The average Bonchev–Trinajstić information content (AvgIpc) is 2.94. The van der Waals surface area contributed by atoms with Crippen molar-refractivity contribution in [3.63, 3.8) is 0 Å². The van der Waals surface area contributed by atoms with Gasteiger partial charge >= 0.3 is 25.5 Å². The van der Waals surface area contributed by atoms with Crippen LogP contribution in [0.5, 0.6) is 0 Å². The third-order valence-electron chi connectivity index (χ3n) is 4.83. The van der Waals surface area contributed by atoms with E-state index in [4.69, 9.17) is 23.3 Å². The van der Waals surface area contributed by atoms with Crippen LogP contribution in [0, 0.1) is 11.3 Å². The monoisotopic (exact) mass is 364 g/mol. The van der Waals surface area contributed by atoms with Gasteiger partial charge in [0.05, 0.1) is 14.2 Å². The van der Waals surface area contributed by atoms with E-state index in [0.29, 0.717) is 0 Å². The first-order valence-corrected chi connectivity index (χ1v) is 8.99. The van der Waals surface area contributed by atoms with Crippen molar-refractivity contribution >= 4 is 25.5 Å². The third kappa shape index (κ3) is 2.74. The molecular formula is C14H21O9P. The molecule has 1 heterocycles. The lowest BCUT2D eigenvalue weighted by molar-refractivity contribution is -0.174. The third-order valence-corrected chi connectivity index (χ3v) is 7.13. The Bertz CT molecular complexity index is 563. The van der Waals surface area contributed by atoms with Crippen molar-refractivity contribution in [3.05, 3.63) is 0 Å². The molecule has 1 saturated carbocycles. The number of carbonyl (C=O) groups excluding carboxylic acids is 3. The van der Waals surface area contributed by atoms with Gasteiger partial charge in [0.2, 0.25) is 0 Å². The molecule has 0 bridgehead atoms. The Morgan fingerprint density at radius 1 is 1.12 bits per heavy atom. The number of hydrogen-bond acceptors (Lipinski definition) is 9. The van der Waals surface area contributed by atoms with Gasteiger partial charge in [-0.25, -0.2) is 0 Å². The number of rotatable bonds is 5. The van der Waals surface area contributed by atoms with Gasteiger partial charge in [-0.05, 0) is 19.3 Å². The molecule has 0 unspecified atom stereocenters. The van der Waals surface area contributed by atoms with E-state index in [9.17, 15) is 18.9 Å².